The van der Waals surface area contributed by atoms with Crippen LogP contribution in [0.15, 0.2) is 65.0 Å². The Morgan fingerprint density at radius 1 is 1.00 bits per heavy atom. The van der Waals surface area contributed by atoms with Crippen molar-refractivity contribution in [2.45, 2.75) is 0 Å². The van der Waals surface area contributed by atoms with Crippen LogP contribution in [0.4, 0.5) is 0 Å². The predicted octanol–water partition coefficient (Wildman–Crippen LogP) is 4.13. The predicted molar refractivity (Wildman–Crippen MR) is 103 cm³/mol. The molecule has 7 heteroatoms. The Kier molecular flexibility index (Phi) is 4.78. The van der Waals surface area contributed by atoms with Crippen molar-refractivity contribution in [3.63, 3.8) is 0 Å². The van der Waals surface area contributed by atoms with Crippen LogP contribution in [0.25, 0.3) is 6.08 Å². The van der Waals surface area contributed by atoms with Crippen molar-refractivity contribution in [2.24, 2.45) is 0 Å². The van der Waals surface area contributed by atoms with E-state index in [-0.39, 0.29) is 23.1 Å². The van der Waals surface area contributed by atoms with Crippen LogP contribution in [0.3, 0.4) is 0 Å². The minimum atomic E-state index is -0.641. The number of esters is 1. The van der Waals surface area contributed by atoms with Gasteiger partial charge >= 0.3 is 5.97 Å². The van der Waals surface area contributed by atoms with Gasteiger partial charge in [0.25, 0.3) is 0 Å². The van der Waals surface area contributed by atoms with Crippen LogP contribution in [0, 0.1) is 0 Å². The molecule has 0 saturated heterocycles. The number of benzene rings is 2. The molecule has 0 bridgehead atoms. The Hall–Kier alpha value is -4.00. The summed E-state index contributed by atoms with van der Waals surface area (Å²) in [5, 5.41) is 0. The highest BCUT2D eigenvalue weighted by atomic mass is 16.5. The number of allylic oxidation sites excluding steroid dienone is 1. The molecular weight excluding hydrogens is 376 g/mol. The second-order valence-electron chi connectivity index (χ2n) is 6.07. The monoisotopic (exact) mass is 392 g/mol. The lowest BCUT2D eigenvalue weighted by Gasteiger charge is -2.08. The minimum absolute atomic E-state index is 0.0784. The number of carbonyl (C=O) groups excluding carboxylic acids is 2. The topological polar surface area (TPSA) is 84.2 Å². The molecule has 1 aliphatic rings. The molecule has 2 aromatic carbocycles. The standard InChI is InChI=1S/C22H16O7/c1-25-14-6-5-13(18(11-14)26-2)10-20-21(23)16-8-7-15(12-19(16)29-20)28-22(24)17-4-3-9-27-17/h3-12H,1-2H3/b20-10+. The Labute approximate surface area is 166 Å². The fourth-order valence-electron chi connectivity index (χ4n) is 2.86. The van der Waals surface area contributed by atoms with E-state index >= 15 is 0 Å². The number of Topliss-reactive ketones (excluding diaryl/α,β-unsaturated/α-hetero) is 1. The maximum atomic E-state index is 12.7. The number of ether oxygens (including phenoxy) is 4. The number of carbonyl (C=O) groups is 2. The number of ketones is 1. The van der Waals surface area contributed by atoms with Gasteiger partial charge in [-0.3, -0.25) is 4.79 Å². The summed E-state index contributed by atoms with van der Waals surface area (Å²) in [4.78, 5) is 24.7. The maximum absolute atomic E-state index is 12.7. The van der Waals surface area contributed by atoms with Crippen LogP contribution in [-0.4, -0.2) is 26.0 Å². The van der Waals surface area contributed by atoms with Crippen molar-refractivity contribution < 1.29 is 33.0 Å². The van der Waals surface area contributed by atoms with Crippen LogP contribution < -0.4 is 18.9 Å². The maximum Gasteiger partial charge on any atom is 0.379 e. The first-order chi connectivity index (χ1) is 14.1. The number of rotatable bonds is 5. The highest BCUT2D eigenvalue weighted by Crippen LogP contribution is 2.36. The van der Waals surface area contributed by atoms with Gasteiger partial charge in [-0.15, -0.1) is 0 Å². The molecule has 0 aliphatic carbocycles. The van der Waals surface area contributed by atoms with E-state index in [1.807, 2.05) is 0 Å². The highest BCUT2D eigenvalue weighted by molar-refractivity contribution is 6.14. The fourth-order valence-corrected chi connectivity index (χ4v) is 2.86. The smallest absolute Gasteiger partial charge is 0.379 e. The van der Waals surface area contributed by atoms with Gasteiger partial charge in [-0.2, -0.15) is 0 Å². The summed E-state index contributed by atoms with van der Waals surface area (Å²) in [7, 11) is 3.09. The zero-order valence-electron chi connectivity index (χ0n) is 15.6. The van der Waals surface area contributed by atoms with Crippen molar-refractivity contribution in [3.8, 4) is 23.0 Å². The average molecular weight is 392 g/mol. The van der Waals surface area contributed by atoms with Crippen LogP contribution in [-0.2, 0) is 0 Å². The van der Waals surface area contributed by atoms with E-state index in [1.54, 1.807) is 43.5 Å². The summed E-state index contributed by atoms with van der Waals surface area (Å²) in [6.07, 6.45) is 2.97. The quantitative estimate of drug-likeness (QED) is 0.367. The molecule has 1 aliphatic heterocycles. The summed E-state index contributed by atoms with van der Waals surface area (Å²) in [6, 6.07) is 12.9. The van der Waals surface area contributed by atoms with Gasteiger partial charge in [-0.05, 0) is 42.5 Å². The van der Waals surface area contributed by atoms with Gasteiger partial charge in [0.15, 0.2) is 5.76 Å². The van der Waals surface area contributed by atoms with Crippen LogP contribution in [0.1, 0.15) is 26.5 Å². The Morgan fingerprint density at radius 3 is 2.55 bits per heavy atom. The number of furan rings is 1. The number of hydrogen-bond donors (Lipinski definition) is 0. The van der Waals surface area contributed by atoms with Crippen molar-refractivity contribution in [1.82, 2.24) is 0 Å². The van der Waals surface area contributed by atoms with Crippen molar-refractivity contribution >= 4 is 17.8 Å². The van der Waals surface area contributed by atoms with Crippen LogP contribution in [0.2, 0.25) is 0 Å². The molecule has 0 N–H and O–H groups in total. The highest BCUT2D eigenvalue weighted by Gasteiger charge is 2.28. The summed E-state index contributed by atoms with van der Waals surface area (Å²) in [5.74, 6) is 1.01. The van der Waals surface area contributed by atoms with E-state index in [0.29, 0.717) is 28.4 Å². The Balaban J connectivity index is 1.58. The normalized spacial score (nSPS) is 13.7. The lowest BCUT2D eigenvalue weighted by atomic mass is 10.1. The van der Waals surface area contributed by atoms with Crippen molar-refractivity contribution in [3.05, 3.63) is 77.4 Å². The van der Waals surface area contributed by atoms with Gasteiger partial charge in [0.2, 0.25) is 11.5 Å². The summed E-state index contributed by atoms with van der Waals surface area (Å²) < 4.78 is 26.5. The van der Waals surface area contributed by atoms with E-state index in [4.69, 9.17) is 23.4 Å². The lowest BCUT2D eigenvalue weighted by molar-refractivity contribution is 0.0701. The molecule has 7 nitrogen and oxygen atoms in total. The third-order valence-corrected chi connectivity index (χ3v) is 4.30. The third-order valence-electron chi connectivity index (χ3n) is 4.30. The molecule has 1 aromatic heterocycles. The van der Waals surface area contributed by atoms with Crippen LogP contribution >= 0.6 is 0 Å². The SMILES string of the molecule is COc1ccc(/C=C2/Oc3cc(OC(=O)c4ccco4)ccc3C2=O)c(OC)c1. The first-order valence-electron chi connectivity index (χ1n) is 8.65. The van der Waals surface area contributed by atoms with Crippen molar-refractivity contribution in [1.29, 1.82) is 0 Å². The minimum Gasteiger partial charge on any atom is -0.497 e. The second-order valence-corrected chi connectivity index (χ2v) is 6.07. The molecule has 0 unspecified atom stereocenters. The summed E-state index contributed by atoms with van der Waals surface area (Å²) >= 11 is 0. The summed E-state index contributed by atoms with van der Waals surface area (Å²) in [5.41, 5.74) is 1.04. The van der Waals surface area contributed by atoms with Crippen molar-refractivity contribution in [2.75, 3.05) is 14.2 Å². The zero-order valence-corrected chi connectivity index (χ0v) is 15.6. The lowest BCUT2D eigenvalue weighted by Crippen LogP contribution is -2.07. The second kappa shape index (κ2) is 7.55. The molecule has 0 atom stereocenters. The Bertz CT molecular complexity index is 1110. The third kappa shape index (κ3) is 3.58. The van der Waals surface area contributed by atoms with E-state index in [0.717, 1.165) is 0 Å². The van der Waals surface area contributed by atoms with Crippen LogP contribution in [0.5, 0.6) is 23.0 Å². The molecule has 29 heavy (non-hydrogen) atoms. The molecule has 0 saturated carbocycles. The first-order valence-corrected chi connectivity index (χ1v) is 8.65. The van der Waals surface area contributed by atoms with Gasteiger partial charge in [0.05, 0.1) is 26.0 Å². The fraction of sp³-hybridized carbons (Fsp3) is 0.0909. The number of hydrogen-bond acceptors (Lipinski definition) is 7. The molecule has 4 rings (SSSR count). The molecule has 0 fully saturated rings. The molecule has 3 aromatic rings. The number of fused-ring (bicyclic) bond motifs is 1. The van der Waals surface area contributed by atoms with Gasteiger partial charge in [-0.25, -0.2) is 4.79 Å². The van der Waals surface area contributed by atoms with Gasteiger partial charge < -0.3 is 23.4 Å². The molecule has 2 heterocycles. The molecule has 146 valence electrons. The molecular formula is C22H16O7. The van der Waals surface area contributed by atoms with E-state index in [2.05, 4.69) is 0 Å². The average Bonchev–Trinajstić information content (AvgIpc) is 3.37. The van der Waals surface area contributed by atoms with Gasteiger partial charge in [0.1, 0.15) is 23.0 Å². The van der Waals surface area contributed by atoms with E-state index < -0.39 is 5.97 Å². The van der Waals surface area contributed by atoms with E-state index in [1.165, 1.54) is 31.6 Å². The molecule has 0 amide bonds. The molecule has 0 radical (unpaired) electrons. The Morgan fingerprint density at radius 2 is 1.83 bits per heavy atom. The summed E-state index contributed by atoms with van der Waals surface area (Å²) in [6.45, 7) is 0. The first kappa shape index (κ1) is 18.4. The van der Waals surface area contributed by atoms with Gasteiger partial charge in [-0.1, -0.05) is 0 Å². The van der Waals surface area contributed by atoms with Gasteiger partial charge in [0, 0.05) is 17.7 Å². The zero-order chi connectivity index (χ0) is 20.4. The number of methoxy groups -OCH3 is 2. The molecule has 0 spiro atoms. The largest absolute Gasteiger partial charge is 0.497 e. The van der Waals surface area contributed by atoms with E-state index in [9.17, 15) is 9.59 Å².